The van der Waals surface area contributed by atoms with Gasteiger partial charge in [0.2, 0.25) is 10.0 Å². The molecule has 0 unspecified atom stereocenters. The van der Waals surface area contributed by atoms with Gasteiger partial charge >= 0.3 is 0 Å². The van der Waals surface area contributed by atoms with Crippen LogP contribution in [0, 0.1) is 5.82 Å². The Morgan fingerprint density at radius 3 is 2.48 bits per heavy atom. The molecule has 0 amide bonds. The molecule has 2 aromatic carbocycles. The summed E-state index contributed by atoms with van der Waals surface area (Å²) in [4.78, 5) is -0.359. The average molecular weight is 437 g/mol. The van der Waals surface area contributed by atoms with Gasteiger partial charge in [0.25, 0.3) is 0 Å². The molecule has 0 bridgehead atoms. The lowest BCUT2D eigenvalue weighted by molar-refractivity contribution is 0.556. The lowest BCUT2D eigenvalue weighted by atomic mass is 10.1. The van der Waals surface area contributed by atoms with Crippen LogP contribution in [-0.2, 0) is 21.9 Å². The fraction of sp³-hybridized carbons (Fsp3) is 0.143. The van der Waals surface area contributed by atoms with Crippen molar-refractivity contribution in [2.24, 2.45) is 0 Å². The molecule has 2 rings (SSSR count). The highest BCUT2D eigenvalue weighted by atomic mass is 79.9. The normalized spacial score (nSPS) is 11.6. The molecule has 0 aliphatic carbocycles. The zero-order valence-electron chi connectivity index (χ0n) is 10.8. The van der Waals surface area contributed by atoms with Gasteiger partial charge < -0.3 is 0 Å². The first-order valence-electron chi connectivity index (χ1n) is 6.01. The second kappa shape index (κ2) is 7.00. The van der Waals surface area contributed by atoms with Crippen LogP contribution in [0.3, 0.4) is 0 Å². The Balaban J connectivity index is 2.17. The van der Waals surface area contributed by atoms with Crippen molar-refractivity contribution >= 4 is 41.9 Å². The Hall–Kier alpha value is -0.760. The number of nitrogens with one attached hydrogen (secondary N) is 1. The van der Waals surface area contributed by atoms with E-state index in [1.165, 1.54) is 12.1 Å². The van der Waals surface area contributed by atoms with Crippen LogP contribution >= 0.6 is 31.9 Å². The fourth-order valence-corrected chi connectivity index (χ4v) is 3.53. The molecule has 7 heteroatoms. The molecule has 0 aliphatic heterocycles. The summed E-state index contributed by atoms with van der Waals surface area (Å²) in [6.07, 6.45) is 0. The van der Waals surface area contributed by atoms with Crippen molar-refractivity contribution < 1.29 is 12.8 Å². The summed E-state index contributed by atoms with van der Waals surface area (Å²) in [5, 5.41) is 0.689. The molecule has 2 aromatic rings. The molecule has 0 atom stereocenters. The van der Waals surface area contributed by atoms with Gasteiger partial charge in [0, 0.05) is 16.3 Å². The van der Waals surface area contributed by atoms with Crippen LogP contribution in [0.5, 0.6) is 0 Å². The van der Waals surface area contributed by atoms with Gasteiger partial charge in [-0.2, -0.15) is 0 Å². The van der Waals surface area contributed by atoms with Gasteiger partial charge in [0.15, 0.2) is 0 Å². The van der Waals surface area contributed by atoms with E-state index in [1.807, 2.05) is 24.3 Å². The van der Waals surface area contributed by atoms with E-state index < -0.39 is 15.8 Å². The average Bonchev–Trinajstić information content (AvgIpc) is 2.45. The summed E-state index contributed by atoms with van der Waals surface area (Å²) in [5.41, 5.74) is 1.86. The lowest BCUT2D eigenvalue weighted by Gasteiger charge is -2.09. The first-order chi connectivity index (χ1) is 9.92. The third-order valence-electron chi connectivity index (χ3n) is 2.80. The molecule has 0 saturated carbocycles. The summed E-state index contributed by atoms with van der Waals surface area (Å²) in [6.45, 7) is 0.110. The van der Waals surface area contributed by atoms with Gasteiger partial charge in [-0.15, -0.1) is 0 Å². The van der Waals surface area contributed by atoms with Gasteiger partial charge in [0.1, 0.15) is 10.7 Å². The molecule has 3 nitrogen and oxygen atoms in total. The predicted octanol–water partition coefficient (Wildman–Crippen LogP) is 3.96. The third kappa shape index (κ3) is 4.35. The topological polar surface area (TPSA) is 46.2 Å². The highest BCUT2D eigenvalue weighted by Crippen LogP contribution is 2.19. The van der Waals surface area contributed by atoms with Crippen molar-refractivity contribution in [1.29, 1.82) is 0 Å². The summed E-state index contributed by atoms with van der Waals surface area (Å²) in [6, 6.07) is 11.3. The number of benzene rings is 2. The summed E-state index contributed by atoms with van der Waals surface area (Å²) in [5.74, 6) is -0.786. The van der Waals surface area contributed by atoms with Crippen LogP contribution in [0.15, 0.2) is 51.8 Å². The maximum absolute atomic E-state index is 13.7. The number of rotatable bonds is 5. The van der Waals surface area contributed by atoms with E-state index in [0.29, 0.717) is 9.80 Å². The molecule has 0 saturated heterocycles. The molecule has 21 heavy (non-hydrogen) atoms. The Labute approximate surface area is 139 Å². The number of sulfonamides is 1. The van der Waals surface area contributed by atoms with Gasteiger partial charge in [-0.25, -0.2) is 17.5 Å². The Morgan fingerprint density at radius 1 is 1.10 bits per heavy atom. The maximum Gasteiger partial charge on any atom is 0.243 e. The van der Waals surface area contributed by atoms with Crippen molar-refractivity contribution in [1.82, 2.24) is 4.72 Å². The minimum absolute atomic E-state index is 0.110. The van der Waals surface area contributed by atoms with Crippen LogP contribution in [0.1, 0.15) is 11.1 Å². The molecule has 0 spiro atoms. The van der Waals surface area contributed by atoms with E-state index in [0.717, 1.165) is 17.2 Å². The standard InChI is InChI=1S/C14H12Br2FNO2S/c15-8-10-2-1-3-11(6-10)9-18-21(19,20)14-5-4-12(16)7-13(14)17/h1-7,18H,8-9H2. The van der Waals surface area contributed by atoms with E-state index in [1.54, 1.807) is 0 Å². The van der Waals surface area contributed by atoms with Gasteiger partial charge in [-0.1, -0.05) is 56.1 Å². The van der Waals surface area contributed by atoms with Crippen LogP contribution in [-0.4, -0.2) is 8.42 Å². The Kier molecular flexibility index (Phi) is 5.54. The van der Waals surface area contributed by atoms with Crippen LogP contribution in [0.25, 0.3) is 0 Å². The molecule has 0 aromatic heterocycles. The van der Waals surface area contributed by atoms with Crippen molar-refractivity contribution in [3.63, 3.8) is 0 Å². The quantitative estimate of drug-likeness (QED) is 0.721. The highest BCUT2D eigenvalue weighted by Gasteiger charge is 2.18. The number of hydrogen-bond acceptors (Lipinski definition) is 2. The van der Waals surface area contributed by atoms with Crippen LogP contribution in [0.2, 0.25) is 0 Å². The van der Waals surface area contributed by atoms with Crippen LogP contribution < -0.4 is 4.72 Å². The van der Waals surface area contributed by atoms with Gasteiger partial charge in [-0.3, -0.25) is 0 Å². The van der Waals surface area contributed by atoms with E-state index >= 15 is 0 Å². The second-order valence-electron chi connectivity index (χ2n) is 4.35. The van der Waals surface area contributed by atoms with Gasteiger partial charge in [0.05, 0.1) is 0 Å². The molecular weight excluding hydrogens is 425 g/mol. The first-order valence-corrected chi connectivity index (χ1v) is 9.40. The minimum atomic E-state index is -3.88. The monoisotopic (exact) mass is 435 g/mol. The van der Waals surface area contributed by atoms with Gasteiger partial charge in [-0.05, 0) is 29.3 Å². The SMILES string of the molecule is O=S(=O)(NCc1cccc(CBr)c1)c1ccc(Br)cc1F. The lowest BCUT2D eigenvalue weighted by Crippen LogP contribution is -2.24. The van der Waals surface area contributed by atoms with E-state index in [-0.39, 0.29) is 11.4 Å². The minimum Gasteiger partial charge on any atom is -0.207 e. The second-order valence-corrected chi connectivity index (χ2v) is 7.56. The van der Waals surface area contributed by atoms with Crippen molar-refractivity contribution in [2.45, 2.75) is 16.8 Å². The van der Waals surface area contributed by atoms with Crippen molar-refractivity contribution in [3.8, 4) is 0 Å². The first kappa shape index (κ1) is 16.6. The van der Waals surface area contributed by atoms with Crippen LogP contribution in [0.4, 0.5) is 4.39 Å². The van der Waals surface area contributed by atoms with E-state index in [4.69, 9.17) is 0 Å². The third-order valence-corrected chi connectivity index (χ3v) is 5.37. The summed E-state index contributed by atoms with van der Waals surface area (Å²) in [7, 11) is -3.88. The zero-order chi connectivity index (χ0) is 15.5. The van der Waals surface area contributed by atoms with E-state index in [9.17, 15) is 12.8 Å². The highest BCUT2D eigenvalue weighted by molar-refractivity contribution is 9.10. The van der Waals surface area contributed by atoms with E-state index in [2.05, 4.69) is 36.6 Å². The number of alkyl halides is 1. The molecule has 0 radical (unpaired) electrons. The molecular formula is C14H12Br2FNO2S. The maximum atomic E-state index is 13.7. The zero-order valence-corrected chi connectivity index (χ0v) is 14.8. The molecule has 0 heterocycles. The largest absolute Gasteiger partial charge is 0.243 e. The number of hydrogen-bond donors (Lipinski definition) is 1. The summed E-state index contributed by atoms with van der Waals surface area (Å²) >= 11 is 6.44. The Morgan fingerprint density at radius 2 is 1.81 bits per heavy atom. The summed E-state index contributed by atoms with van der Waals surface area (Å²) < 4.78 is 40.9. The predicted molar refractivity (Wildman–Crippen MR) is 87.2 cm³/mol. The fourth-order valence-electron chi connectivity index (χ4n) is 1.77. The molecule has 0 aliphatic rings. The smallest absolute Gasteiger partial charge is 0.207 e. The Bertz CT molecular complexity index is 750. The number of halogens is 3. The molecule has 0 fully saturated rings. The van der Waals surface area contributed by atoms with Crippen molar-refractivity contribution in [2.75, 3.05) is 0 Å². The molecule has 112 valence electrons. The molecule has 1 N–H and O–H groups in total. The van der Waals surface area contributed by atoms with Crippen molar-refractivity contribution in [3.05, 3.63) is 63.9 Å².